The lowest BCUT2D eigenvalue weighted by molar-refractivity contribution is -0.133. The summed E-state index contributed by atoms with van der Waals surface area (Å²) in [6.07, 6.45) is 1.09. The third-order valence-corrected chi connectivity index (χ3v) is 4.10. The molecule has 2 fully saturated rings. The van der Waals surface area contributed by atoms with Crippen LogP contribution in [0.1, 0.15) is 5.56 Å². The maximum atomic E-state index is 12.0. The van der Waals surface area contributed by atoms with Crippen LogP contribution >= 0.6 is 0 Å². The number of fused-ring (bicyclic) bond motifs is 2. The zero-order valence-electron chi connectivity index (χ0n) is 10.6. The molecule has 1 N–H and O–H groups in total. The second-order valence-corrected chi connectivity index (χ2v) is 5.45. The maximum Gasteiger partial charge on any atom is 0.144 e. The Bertz CT molecular complexity index is 402. The number of benzene rings is 1. The van der Waals surface area contributed by atoms with E-state index in [0.717, 1.165) is 39.1 Å². The van der Waals surface area contributed by atoms with Crippen molar-refractivity contribution in [3.63, 3.8) is 0 Å². The Morgan fingerprint density at radius 1 is 1.11 bits per heavy atom. The predicted molar refractivity (Wildman–Crippen MR) is 71.4 cm³/mol. The van der Waals surface area contributed by atoms with Gasteiger partial charge in [0.05, 0.1) is 0 Å². The molecule has 2 aliphatic rings. The summed E-state index contributed by atoms with van der Waals surface area (Å²) in [7, 11) is 0. The van der Waals surface area contributed by atoms with Crippen LogP contribution in [0, 0.1) is 11.8 Å². The standard InChI is InChI=1S/C15H20N2O/c18-15-13-8-16-9-14(15)11-17(10-13)7-6-12-4-2-1-3-5-12/h1-5,13-14,16H,6-11H2. The SMILES string of the molecule is O=C1C2CNCC1CN(CCc1ccccc1)C2. The molecule has 2 saturated heterocycles. The molecular weight excluding hydrogens is 224 g/mol. The fourth-order valence-corrected chi connectivity index (χ4v) is 3.09. The van der Waals surface area contributed by atoms with Crippen LogP contribution in [0.4, 0.5) is 0 Å². The Balaban J connectivity index is 1.57. The molecular formula is C15H20N2O. The van der Waals surface area contributed by atoms with Crippen molar-refractivity contribution in [2.45, 2.75) is 6.42 Å². The van der Waals surface area contributed by atoms with E-state index < -0.39 is 0 Å². The van der Waals surface area contributed by atoms with Gasteiger partial charge < -0.3 is 10.2 Å². The average Bonchev–Trinajstić information content (AvgIpc) is 2.38. The summed E-state index contributed by atoms with van der Waals surface area (Å²) >= 11 is 0. The van der Waals surface area contributed by atoms with E-state index in [1.165, 1.54) is 5.56 Å². The summed E-state index contributed by atoms with van der Waals surface area (Å²) in [6, 6.07) is 10.6. The number of nitrogens with zero attached hydrogens (tertiary/aromatic N) is 1. The van der Waals surface area contributed by atoms with E-state index in [9.17, 15) is 4.79 Å². The molecule has 1 aromatic rings. The first-order valence-electron chi connectivity index (χ1n) is 6.83. The van der Waals surface area contributed by atoms with Gasteiger partial charge in [-0.2, -0.15) is 0 Å². The van der Waals surface area contributed by atoms with Crippen LogP contribution in [0.3, 0.4) is 0 Å². The molecule has 18 heavy (non-hydrogen) atoms. The van der Waals surface area contributed by atoms with Crippen LogP contribution in [-0.4, -0.2) is 43.4 Å². The van der Waals surface area contributed by atoms with E-state index in [1.54, 1.807) is 0 Å². The van der Waals surface area contributed by atoms with Gasteiger partial charge in [-0.1, -0.05) is 30.3 Å². The summed E-state index contributed by atoms with van der Waals surface area (Å²) in [4.78, 5) is 14.4. The van der Waals surface area contributed by atoms with Gasteiger partial charge in [0, 0.05) is 44.6 Å². The molecule has 0 spiro atoms. The Hall–Kier alpha value is -1.19. The highest BCUT2D eigenvalue weighted by Crippen LogP contribution is 2.21. The van der Waals surface area contributed by atoms with E-state index in [2.05, 4.69) is 40.5 Å². The molecule has 2 heterocycles. The molecule has 2 atom stereocenters. The number of carbonyl (C=O) groups excluding carboxylic acids is 1. The number of rotatable bonds is 3. The average molecular weight is 244 g/mol. The van der Waals surface area contributed by atoms with Gasteiger partial charge in [-0.15, -0.1) is 0 Å². The van der Waals surface area contributed by atoms with Crippen molar-refractivity contribution in [2.24, 2.45) is 11.8 Å². The van der Waals surface area contributed by atoms with E-state index in [4.69, 9.17) is 0 Å². The van der Waals surface area contributed by atoms with Gasteiger partial charge in [-0.05, 0) is 12.0 Å². The number of nitrogens with one attached hydrogen (secondary N) is 1. The summed E-state index contributed by atoms with van der Waals surface area (Å²) in [5, 5.41) is 3.36. The Morgan fingerprint density at radius 3 is 2.44 bits per heavy atom. The molecule has 2 unspecified atom stereocenters. The van der Waals surface area contributed by atoms with Gasteiger partial charge in [0.25, 0.3) is 0 Å². The van der Waals surface area contributed by atoms with Crippen molar-refractivity contribution < 1.29 is 4.79 Å². The summed E-state index contributed by atoms with van der Waals surface area (Å²) in [5.74, 6) is 0.950. The van der Waals surface area contributed by atoms with Crippen LogP contribution in [0.15, 0.2) is 30.3 Å². The quantitative estimate of drug-likeness (QED) is 0.859. The predicted octanol–water partition coefficient (Wildman–Crippen LogP) is 0.949. The number of hydrogen-bond acceptors (Lipinski definition) is 3. The smallest absolute Gasteiger partial charge is 0.144 e. The molecule has 96 valence electrons. The Morgan fingerprint density at radius 2 is 1.78 bits per heavy atom. The molecule has 2 aliphatic heterocycles. The fraction of sp³-hybridized carbons (Fsp3) is 0.533. The Kier molecular flexibility index (Phi) is 3.43. The zero-order chi connectivity index (χ0) is 12.4. The third-order valence-electron chi connectivity index (χ3n) is 4.10. The lowest BCUT2D eigenvalue weighted by Gasteiger charge is -2.40. The fourth-order valence-electron chi connectivity index (χ4n) is 3.09. The van der Waals surface area contributed by atoms with Gasteiger partial charge in [0.15, 0.2) is 0 Å². The first-order valence-corrected chi connectivity index (χ1v) is 6.83. The minimum Gasteiger partial charge on any atom is -0.315 e. The number of Topliss-reactive ketones (excluding diaryl/α,β-unsaturated/α-hetero) is 1. The zero-order valence-corrected chi connectivity index (χ0v) is 10.6. The highest BCUT2D eigenvalue weighted by molar-refractivity contribution is 5.85. The number of ketones is 1. The van der Waals surface area contributed by atoms with Crippen molar-refractivity contribution >= 4 is 5.78 Å². The molecule has 0 aromatic heterocycles. The number of hydrogen-bond donors (Lipinski definition) is 1. The lowest BCUT2D eigenvalue weighted by Crippen LogP contribution is -2.57. The van der Waals surface area contributed by atoms with Gasteiger partial charge in [-0.25, -0.2) is 0 Å². The van der Waals surface area contributed by atoms with Crippen molar-refractivity contribution in [2.75, 3.05) is 32.7 Å². The van der Waals surface area contributed by atoms with Crippen LogP contribution in [0.2, 0.25) is 0 Å². The van der Waals surface area contributed by atoms with Crippen LogP contribution in [0.5, 0.6) is 0 Å². The number of likely N-dealkylation sites (tertiary alicyclic amines) is 1. The van der Waals surface area contributed by atoms with E-state index in [1.807, 2.05) is 0 Å². The molecule has 2 bridgehead atoms. The van der Waals surface area contributed by atoms with E-state index in [-0.39, 0.29) is 11.8 Å². The number of carbonyl (C=O) groups is 1. The van der Waals surface area contributed by atoms with Crippen molar-refractivity contribution in [1.82, 2.24) is 10.2 Å². The molecule has 0 amide bonds. The minimum atomic E-state index is 0.230. The summed E-state index contributed by atoms with van der Waals surface area (Å²) in [6.45, 7) is 4.70. The van der Waals surface area contributed by atoms with Crippen LogP contribution in [-0.2, 0) is 11.2 Å². The molecule has 3 nitrogen and oxygen atoms in total. The van der Waals surface area contributed by atoms with E-state index >= 15 is 0 Å². The van der Waals surface area contributed by atoms with Crippen molar-refractivity contribution in [3.05, 3.63) is 35.9 Å². The van der Waals surface area contributed by atoms with Crippen LogP contribution in [0.25, 0.3) is 0 Å². The first-order chi connectivity index (χ1) is 8.83. The van der Waals surface area contributed by atoms with E-state index in [0.29, 0.717) is 5.78 Å². The highest BCUT2D eigenvalue weighted by Gasteiger charge is 2.37. The second-order valence-electron chi connectivity index (χ2n) is 5.45. The third kappa shape index (κ3) is 2.47. The molecule has 0 aliphatic carbocycles. The lowest BCUT2D eigenvalue weighted by atomic mass is 9.84. The molecule has 1 aromatic carbocycles. The Labute approximate surface area is 108 Å². The molecule has 0 radical (unpaired) electrons. The van der Waals surface area contributed by atoms with Gasteiger partial charge in [0.2, 0.25) is 0 Å². The molecule has 3 rings (SSSR count). The maximum absolute atomic E-state index is 12.0. The van der Waals surface area contributed by atoms with Crippen molar-refractivity contribution in [3.8, 4) is 0 Å². The highest BCUT2D eigenvalue weighted by atomic mass is 16.1. The normalized spacial score (nSPS) is 28.3. The van der Waals surface area contributed by atoms with Crippen LogP contribution < -0.4 is 5.32 Å². The van der Waals surface area contributed by atoms with Gasteiger partial charge >= 0.3 is 0 Å². The largest absolute Gasteiger partial charge is 0.315 e. The van der Waals surface area contributed by atoms with Crippen molar-refractivity contribution in [1.29, 1.82) is 0 Å². The first kappa shape index (κ1) is 11.9. The van der Waals surface area contributed by atoms with Gasteiger partial charge in [0.1, 0.15) is 5.78 Å². The second kappa shape index (κ2) is 5.21. The minimum absolute atomic E-state index is 0.230. The monoisotopic (exact) mass is 244 g/mol. The summed E-state index contributed by atoms with van der Waals surface area (Å²) < 4.78 is 0. The molecule has 3 heteroatoms. The number of piperidine rings is 2. The topological polar surface area (TPSA) is 32.3 Å². The molecule has 0 saturated carbocycles. The van der Waals surface area contributed by atoms with Gasteiger partial charge in [-0.3, -0.25) is 4.79 Å². The summed E-state index contributed by atoms with van der Waals surface area (Å²) in [5.41, 5.74) is 1.39.